The van der Waals surface area contributed by atoms with Gasteiger partial charge in [-0.25, -0.2) is 4.79 Å². The van der Waals surface area contributed by atoms with Crippen LogP contribution in [0.3, 0.4) is 0 Å². The van der Waals surface area contributed by atoms with Gasteiger partial charge in [0, 0.05) is 19.6 Å². The molecular weight excluding hydrogens is 308 g/mol. The monoisotopic (exact) mass is 332 g/mol. The first-order valence-electron chi connectivity index (χ1n) is 8.01. The number of nitrogens with one attached hydrogen (secondary N) is 1. The Kier molecular flexibility index (Phi) is 5.84. The summed E-state index contributed by atoms with van der Waals surface area (Å²) in [4.78, 5) is 25.6. The summed E-state index contributed by atoms with van der Waals surface area (Å²) in [6.45, 7) is 4.82. The first-order valence-corrected chi connectivity index (χ1v) is 8.01. The predicted molar refractivity (Wildman–Crippen MR) is 90.9 cm³/mol. The topological polar surface area (TPSA) is 78.9 Å². The Morgan fingerprint density at radius 3 is 2.71 bits per heavy atom. The summed E-state index contributed by atoms with van der Waals surface area (Å²) in [5, 5.41) is 12.4. The van der Waals surface area contributed by atoms with Crippen LogP contribution in [0.5, 0.6) is 5.75 Å². The number of methoxy groups -OCH3 is 1. The van der Waals surface area contributed by atoms with Gasteiger partial charge in [0.15, 0.2) is 0 Å². The normalized spacial score (nSPS) is 20.3. The van der Waals surface area contributed by atoms with E-state index >= 15 is 0 Å². The number of piperidine rings is 1. The van der Waals surface area contributed by atoms with Gasteiger partial charge in [0.05, 0.1) is 12.5 Å². The fraction of sp³-hybridized carbons (Fsp3) is 0.444. The minimum absolute atomic E-state index is 0.211. The number of hydrogen-bond acceptors (Lipinski definition) is 3. The van der Waals surface area contributed by atoms with E-state index in [9.17, 15) is 14.7 Å². The lowest BCUT2D eigenvalue weighted by Gasteiger charge is -2.39. The molecule has 0 aliphatic carbocycles. The fourth-order valence-electron chi connectivity index (χ4n) is 3.04. The van der Waals surface area contributed by atoms with Crippen LogP contribution in [0.1, 0.15) is 24.8 Å². The molecule has 1 aromatic carbocycles. The van der Waals surface area contributed by atoms with Crippen LogP contribution in [-0.4, -0.2) is 42.2 Å². The first-order chi connectivity index (χ1) is 11.5. The molecule has 2 N–H and O–H groups in total. The molecule has 1 heterocycles. The van der Waals surface area contributed by atoms with Gasteiger partial charge in [-0.15, -0.1) is 6.58 Å². The maximum atomic E-state index is 12.4. The summed E-state index contributed by atoms with van der Waals surface area (Å²) in [5.74, 6) is -0.105. The number of nitrogens with zero attached hydrogens (tertiary/aromatic N) is 1. The van der Waals surface area contributed by atoms with Crippen molar-refractivity contribution < 1.29 is 19.4 Å². The van der Waals surface area contributed by atoms with Crippen LogP contribution in [0.4, 0.5) is 4.79 Å². The van der Waals surface area contributed by atoms with E-state index in [-0.39, 0.29) is 12.6 Å². The summed E-state index contributed by atoms with van der Waals surface area (Å²) in [6, 6.07) is 7.20. The second kappa shape index (κ2) is 7.86. The average Bonchev–Trinajstić information content (AvgIpc) is 2.60. The average molecular weight is 332 g/mol. The number of ether oxygens (including phenoxy) is 1. The molecule has 1 atom stereocenters. The number of aliphatic carboxylic acids is 1. The SMILES string of the molecule is C=CC[C@]1(C(=O)O)CCCN(C(=O)NCc2ccc(OC)cc2)C1. The predicted octanol–water partition coefficient (Wildman–Crippen LogP) is 2.65. The Bertz CT molecular complexity index is 600. The zero-order chi connectivity index (χ0) is 17.6. The fourth-order valence-corrected chi connectivity index (χ4v) is 3.04. The number of carboxylic acid groups (broad SMARTS) is 1. The van der Waals surface area contributed by atoms with Crippen molar-refractivity contribution in [2.75, 3.05) is 20.2 Å². The summed E-state index contributed by atoms with van der Waals surface area (Å²) >= 11 is 0. The molecule has 0 spiro atoms. The van der Waals surface area contributed by atoms with Gasteiger partial charge in [-0.2, -0.15) is 0 Å². The minimum Gasteiger partial charge on any atom is -0.497 e. The van der Waals surface area contributed by atoms with Gasteiger partial charge in [-0.05, 0) is 37.0 Å². The lowest BCUT2D eigenvalue weighted by atomic mass is 9.77. The molecule has 1 fully saturated rings. The van der Waals surface area contributed by atoms with Crippen LogP contribution in [0.25, 0.3) is 0 Å². The summed E-state index contributed by atoms with van der Waals surface area (Å²) in [5.41, 5.74) is 0.0361. The second-order valence-electron chi connectivity index (χ2n) is 6.11. The number of carbonyl (C=O) groups excluding carboxylic acids is 1. The molecule has 0 saturated carbocycles. The van der Waals surface area contributed by atoms with Crippen LogP contribution >= 0.6 is 0 Å². The quantitative estimate of drug-likeness (QED) is 0.785. The van der Waals surface area contributed by atoms with Gasteiger partial charge in [-0.1, -0.05) is 18.2 Å². The molecule has 24 heavy (non-hydrogen) atoms. The van der Waals surface area contributed by atoms with Crippen molar-refractivity contribution in [3.63, 3.8) is 0 Å². The molecule has 6 nitrogen and oxygen atoms in total. The zero-order valence-corrected chi connectivity index (χ0v) is 14.0. The molecule has 2 rings (SSSR count). The highest BCUT2D eigenvalue weighted by Crippen LogP contribution is 2.34. The van der Waals surface area contributed by atoms with Crippen LogP contribution in [0.15, 0.2) is 36.9 Å². The van der Waals surface area contributed by atoms with E-state index < -0.39 is 11.4 Å². The number of rotatable bonds is 6. The van der Waals surface area contributed by atoms with Gasteiger partial charge < -0.3 is 20.1 Å². The first kappa shape index (κ1) is 17.8. The molecule has 130 valence electrons. The van der Waals surface area contributed by atoms with Gasteiger partial charge in [-0.3, -0.25) is 4.79 Å². The van der Waals surface area contributed by atoms with Crippen molar-refractivity contribution in [2.24, 2.45) is 5.41 Å². The largest absolute Gasteiger partial charge is 0.497 e. The maximum absolute atomic E-state index is 12.4. The van der Waals surface area contributed by atoms with Crippen molar-refractivity contribution in [3.8, 4) is 5.75 Å². The van der Waals surface area contributed by atoms with Crippen molar-refractivity contribution in [3.05, 3.63) is 42.5 Å². The Morgan fingerprint density at radius 1 is 1.42 bits per heavy atom. The maximum Gasteiger partial charge on any atom is 0.317 e. The molecule has 0 aromatic heterocycles. The number of urea groups is 1. The van der Waals surface area contributed by atoms with Gasteiger partial charge in [0.2, 0.25) is 0 Å². The molecule has 1 aliphatic heterocycles. The Balaban J connectivity index is 1.95. The standard InChI is InChI=1S/C18H24N2O4/c1-3-9-18(16(21)22)10-4-11-20(13-18)17(23)19-12-14-5-7-15(24-2)8-6-14/h3,5-8H,1,4,9-13H2,2H3,(H,19,23)(H,21,22)/t18-/m0/s1. The van der Waals surface area contributed by atoms with Crippen LogP contribution in [-0.2, 0) is 11.3 Å². The molecule has 2 amide bonds. The van der Waals surface area contributed by atoms with Crippen molar-refractivity contribution in [1.29, 1.82) is 0 Å². The molecule has 1 aromatic rings. The smallest absolute Gasteiger partial charge is 0.317 e. The van der Waals surface area contributed by atoms with E-state index in [1.54, 1.807) is 18.1 Å². The third kappa shape index (κ3) is 4.07. The highest BCUT2D eigenvalue weighted by Gasteiger charge is 2.42. The zero-order valence-electron chi connectivity index (χ0n) is 14.0. The van der Waals surface area contributed by atoms with Gasteiger partial charge in [0.1, 0.15) is 5.75 Å². The Morgan fingerprint density at radius 2 is 2.12 bits per heavy atom. The van der Waals surface area contributed by atoms with Crippen LogP contribution < -0.4 is 10.1 Å². The van der Waals surface area contributed by atoms with E-state index in [0.717, 1.165) is 11.3 Å². The number of amides is 2. The number of benzene rings is 1. The molecule has 1 aliphatic rings. The summed E-state index contributed by atoms with van der Waals surface area (Å²) < 4.78 is 5.10. The number of carboxylic acids is 1. The van der Waals surface area contributed by atoms with E-state index in [1.165, 1.54) is 0 Å². The van der Waals surface area contributed by atoms with Crippen molar-refractivity contribution in [2.45, 2.75) is 25.8 Å². The highest BCUT2D eigenvalue weighted by molar-refractivity contribution is 5.79. The van der Waals surface area contributed by atoms with E-state index in [0.29, 0.717) is 32.4 Å². The number of likely N-dealkylation sites (tertiary alicyclic amines) is 1. The van der Waals surface area contributed by atoms with Crippen molar-refractivity contribution >= 4 is 12.0 Å². The lowest BCUT2D eigenvalue weighted by molar-refractivity contribution is -0.151. The second-order valence-corrected chi connectivity index (χ2v) is 6.11. The van der Waals surface area contributed by atoms with Gasteiger partial charge in [0.25, 0.3) is 0 Å². The number of carbonyl (C=O) groups is 2. The van der Waals surface area contributed by atoms with E-state index in [1.807, 2.05) is 24.3 Å². The van der Waals surface area contributed by atoms with Gasteiger partial charge >= 0.3 is 12.0 Å². The molecule has 1 saturated heterocycles. The molecule has 0 bridgehead atoms. The molecule has 6 heteroatoms. The van der Waals surface area contributed by atoms with Crippen LogP contribution in [0, 0.1) is 5.41 Å². The molecule has 0 radical (unpaired) electrons. The summed E-state index contributed by atoms with van der Waals surface area (Å²) in [7, 11) is 1.60. The highest BCUT2D eigenvalue weighted by atomic mass is 16.5. The molecular formula is C18H24N2O4. The van der Waals surface area contributed by atoms with Crippen LogP contribution in [0.2, 0.25) is 0 Å². The number of hydrogen-bond donors (Lipinski definition) is 2. The van der Waals surface area contributed by atoms with E-state index in [2.05, 4.69) is 11.9 Å². The van der Waals surface area contributed by atoms with Crippen molar-refractivity contribution in [1.82, 2.24) is 10.2 Å². The number of allylic oxidation sites excluding steroid dienone is 1. The Labute approximate surface area is 142 Å². The minimum atomic E-state index is -0.919. The molecule has 0 unspecified atom stereocenters. The Hall–Kier alpha value is -2.50. The third-order valence-corrected chi connectivity index (χ3v) is 4.46. The third-order valence-electron chi connectivity index (χ3n) is 4.46. The van der Waals surface area contributed by atoms with E-state index in [4.69, 9.17) is 4.74 Å². The lowest BCUT2D eigenvalue weighted by Crippen LogP contribution is -2.52. The summed E-state index contributed by atoms with van der Waals surface area (Å²) in [6.07, 6.45) is 3.23.